The lowest BCUT2D eigenvalue weighted by molar-refractivity contribution is 0.0527. The zero-order chi connectivity index (χ0) is 16.6. The van der Waals surface area contributed by atoms with Crippen LogP contribution in [0.2, 0.25) is 0 Å². The molecule has 0 spiro atoms. The molecule has 0 atom stereocenters. The summed E-state index contributed by atoms with van der Waals surface area (Å²) in [7, 11) is 0. The van der Waals surface area contributed by atoms with Crippen LogP contribution in [0.3, 0.4) is 0 Å². The number of hydrogen-bond acceptors (Lipinski definition) is 3. The molecule has 0 saturated carbocycles. The van der Waals surface area contributed by atoms with Crippen molar-refractivity contribution in [2.24, 2.45) is 5.41 Å². The molecule has 0 radical (unpaired) electrons. The van der Waals surface area contributed by atoms with E-state index in [0.717, 1.165) is 23.4 Å². The molecule has 1 aliphatic rings. The molecule has 0 unspecified atom stereocenters. The van der Waals surface area contributed by atoms with Crippen LogP contribution in [0.25, 0.3) is 16.8 Å². The standard InChI is InChI=1S/C19H22N2O2/c1-5-14-17-15(18(22)23-6-2)16(13-10-8-7-9-11-13)20-21(17)12-19(14,3)4/h5,7-11H,6,12H2,1-4H3/b14-5+. The SMILES string of the molecule is C/C=C1\c2c(C(=O)OCC)c(-c3ccccc3)nn2CC1(C)C. The van der Waals surface area contributed by atoms with Gasteiger partial charge < -0.3 is 4.74 Å². The monoisotopic (exact) mass is 310 g/mol. The number of benzene rings is 1. The average Bonchev–Trinajstić information content (AvgIpc) is 2.98. The van der Waals surface area contributed by atoms with E-state index in [0.29, 0.717) is 17.9 Å². The molecule has 0 bridgehead atoms. The maximum absolute atomic E-state index is 12.6. The summed E-state index contributed by atoms with van der Waals surface area (Å²) < 4.78 is 7.26. The van der Waals surface area contributed by atoms with E-state index in [4.69, 9.17) is 9.84 Å². The Morgan fingerprint density at radius 3 is 2.65 bits per heavy atom. The molecule has 1 aromatic carbocycles. The van der Waals surface area contributed by atoms with E-state index in [-0.39, 0.29) is 11.4 Å². The second-order valence-electron chi connectivity index (χ2n) is 6.40. The van der Waals surface area contributed by atoms with Gasteiger partial charge in [-0.1, -0.05) is 50.3 Å². The lowest BCUT2D eigenvalue weighted by atomic mass is 9.84. The van der Waals surface area contributed by atoms with Gasteiger partial charge in [0.15, 0.2) is 0 Å². The summed E-state index contributed by atoms with van der Waals surface area (Å²) in [5.74, 6) is -0.301. The van der Waals surface area contributed by atoms with Crippen molar-refractivity contribution in [1.29, 1.82) is 0 Å². The molecule has 4 nitrogen and oxygen atoms in total. The van der Waals surface area contributed by atoms with Gasteiger partial charge in [-0.15, -0.1) is 0 Å². The lowest BCUT2D eigenvalue weighted by Gasteiger charge is -2.19. The van der Waals surface area contributed by atoms with E-state index in [2.05, 4.69) is 19.9 Å². The van der Waals surface area contributed by atoms with Crippen LogP contribution in [0.15, 0.2) is 36.4 Å². The first-order valence-corrected chi connectivity index (χ1v) is 8.00. The summed E-state index contributed by atoms with van der Waals surface area (Å²) in [4.78, 5) is 12.6. The van der Waals surface area contributed by atoms with Crippen molar-refractivity contribution >= 4 is 11.5 Å². The third kappa shape index (κ3) is 2.48. The number of allylic oxidation sites excluding steroid dienone is 2. The van der Waals surface area contributed by atoms with Crippen molar-refractivity contribution < 1.29 is 9.53 Å². The van der Waals surface area contributed by atoms with E-state index in [1.54, 1.807) is 0 Å². The molecular formula is C19H22N2O2. The minimum atomic E-state index is -0.301. The molecular weight excluding hydrogens is 288 g/mol. The average molecular weight is 310 g/mol. The Hall–Kier alpha value is -2.36. The Balaban J connectivity index is 2.24. The number of fused-ring (bicyclic) bond motifs is 1. The maximum Gasteiger partial charge on any atom is 0.342 e. The van der Waals surface area contributed by atoms with Gasteiger partial charge in [0.25, 0.3) is 0 Å². The number of carbonyl (C=O) groups excluding carboxylic acids is 1. The van der Waals surface area contributed by atoms with Crippen molar-refractivity contribution in [1.82, 2.24) is 9.78 Å². The predicted octanol–water partition coefficient (Wildman–Crippen LogP) is 4.17. The minimum absolute atomic E-state index is 0.0342. The van der Waals surface area contributed by atoms with Crippen LogP contribution in [0.5, 0.6) is 0 Å². The fourth-order valence-corrected chi connectivity index (χ4v) is 3.35. The Morgan fingerprint density at radius 2 is 2.04 bits per heavy atom. The van der Waals surface area contributed by atoms with Crippen LogP contribution >= 0.6 is 0 Å². The molecule has 3 rings (SSSR count). The number of ether oxygens (including phenoxy) is 1. The second kappa shape index (κ2) is 5.69. The Kier molecular flexibility index (Phi) is 3.84. The highest BCUT2D eigenvalue weighted by Crippen LogP contribution is 2.46. The summed E-state index contributed by atoms with van der Waals surface area (Å²) in [5, 5.41) is 4.73. The van der Waals surface area contributed by atoms with Crippen molar-refractivity contribution in [2.75, 3.05) is 6.61 Å². The molecule has 0 amide bonds. The number of rotatable bonds is 3. The predicted molar refractivity (Wildman–Crippen MR) is 91.1 cm³/mol. The Bertz CT molecular complexity index is 770. The smallest absolute Gasteiger partial charge is 0.342 e. The fourth-order valence-electron chi connectivity index (χ4n) is 3.35. The van der Waals surface area contributed by atoms with Gasteiger partial charge in [0, 0.05) is 11.0 Å². The highest BCUT2D eigenvalue weighted by molar-refractivity contribution is 6.01. The van der Waals surface area contributed by atoms with E-state index in [9.17, 15) is 4.79 Å². The van der Waals surface area contributed by atoms with Crippen molar-refractivity contribution in [3.8, 4) is 11.3 Å². The van der Waals surface area contributed by atoms with E-state index < -0.39 is 0 Å². The topological polar surface area (TPSA) is 44.1 Å². The minimum Gasteiger partial charge on any atom is -0.462 e. The number of carbonyl (C=O) groups is 1. The molecule has 0 aliphatic carbocycles. The molecule has 0 N–H and O–H groups in total. The number of esters is 1. The van der Waals surface area contributed by atoms with Gasteiger partial charge in [0.1, 0.15) is 11.3 Å². The molecule has 2 heterocycles. The molecule has 1 aliphatic heterocycles. The molecule has 23 heavy (non-hydrogen) atoms. The summed E-state index contributed by atoms with van der Waals surface area (Å²) in [5.41, 5.74) is 4.23. The van der Waals surface area contributed by atoms with Gasteiger partial charge in [-0.25, -0.2) is 4.79 Å². The van der Waals surface area contributed by atoms with Crippen molar-refractivity contribution in [3.63, 3.8) is 0 Å². The van der Waals surface area contributed by atoms with Crippen LogP contribution in [-0.4, -0.2) is 22.4 Å². The second-order valence-corrected chi connectivity index (χ2v) is 6.40. The van der Waals surface area contributed by atoms with E-state index >= 15 is 0 Å². The third-order valence-corrected chi connectivity index (χ3v) is 4.30. The maximum atomic E-state index is 12.6. The first-order valence-electron chi connectivity index (χ1n) is 8.00. The Labute approximate surface area is 136 Å². The Morgan fingerprint density at radius 1 is 1.35 bits per heavy atom. The number of hydrogen-bond donors (Lipinski definition) is 0. The molecule has 120 valence electrons. The zero-order valence-electron chi connectivity index (χ0n) is 14.1. The number of aromatic nitrogens is 2. The largest absolute Gasteiger partial charge is 0.462 e. The van der Waals surface area contributed by atoms with Crippen LogP contribution in [0, 0.1) is 5.41 Å². The van der Waals surface area contributed by atoms with Gasteiger partial charge in [-0.3, -0.25) is 4.68 Å². The first-order chi connectivity index (χ1) is 11.0. The van der Waals surface area contributed by atoms with Crippen molar-refractivity contribution in [2.45, 2.75) is 34.2 Å². The van der Waals surface area contributed by atoms with Gasteiger partial charge in [-0.05, 0) is 19.4 Å². The van der Waals surface area contributed by atoms with E-state index in [1.807, 2.05) is 48.9 Å². The van der Waals surface area contributed by atoms with E-state index in [1.165, 1.54) is 0 Å². The summed E-state index contributed by atoms with van der Waals surface area (Å²) >= 11 is 0. The van der Waals surface area contributed by atoms with Gasteiger partial charge in [0.05, 0.1) is 18.8 Å². The van der Waals surface area contributed by atoms with Crippen LogP contribution < -0.4 is 0 Å². The van der Waals surface area contributed by atoms with Crippen LogP contribution in [0.4, 0.5) is 0 Å². The summed E-state index contributed by atoms with van der Waals surface area (Å²) in [6, 6.07) is 9.81. The molecule has 1 aromatic heterocycles. The first kappa shape index (κ1) is 15.5. The van der Waals surface area contributed by atoms with Crippen molar-refractivity contribution in [3.05, 3.63) is 47.7 Å². The van der Waals surface area contributed by atoms with Gasteiger partial charge in [0.2, 0.25) is 0 Å². The van der Waals surface area contributed by atoms with Gasteiger partial charge >= 0.3 is 5.97 Å². The summed E-state index contributed by atoms with van der Waals surface area (Å²) in [6.07, 6.45) is 2.08. The highest BCUT2D eigenvalue weighted by atomic mass is 16.5. The fraction of sp³-hybridized carbons (Fsp3) is 0.368. The molecule has 4 heteroatoms. The highest BCUT2D eigenvalue weighted by Gasteiger charge is 2.40. The third-order valence-electron chi connectivity index (χ3n) is 4.30. The number of nitrogens with zero attached hydrogens (tertiary/aromatic N) is 2. The normalized spacial score (nSPS) is 17.3. The lowest BCUT2D eigenvalue weighted by Crippen LogP contribution is -2.14. The zero-order valence-corrected chi connectivity index (χ0v) is 14.1. The molecule has 0 fully saturated rings. The summed E-state index contributed by atoms with van der Waals surface area (Å²) in [6.45, 7) is 9.30. The molecule has 0 saturated heterocycles. The van der Waals surface area contributed by atoms with Gasteiger partial charge in [-0.2, -0.15) is 5.10 Å². The quantitative estimate of drug-likeness (QED) is 0.799. The van der Waals surface area contributed by atoms with Crippen LogP contribution in [-0.2, 0) is 11.3 Å². The molecule has 2 aromatic rings. The van der Waals surface area contributed by atoms with Crippen LogP contribution in [0.1, 0.15) is 43.7 Å².